The van der Waals surface area contributed by atoms with Crippen molar-refractivity contribution in [3.05, 3.63) is 34.6 Å². The average Bonchev–Trinajstić information content (AvgIpc) is 2.98. The zero-order valence-electron chi connectivity index (χ0n) is 15.5. The van der Waals surface area contributed by atoms with Crippen molar-refractivity contribution in [2.75, 3.05) is 13.1 Å². The van der Waals surface area contributed by atoms with E-state index in [0.717, 1.165) is 0 Å². The van der Waals surface area contributed by atoms with E-state index >= 15 is 4.39 Å². The van der Waals surface area contributed by atoms with Crippen molar-refractivity contribution in [1.82, 2.24) is 15.5 Å². The third-order valence-corrected chi connectivity index (χ3v) is 6.14. The fourth-order valence-electron chi connectivity index (χ4n) is 4.27. The van der Waals surface area contributed by atoms with Gasteiger partial charge in [0.25, 0.3) is 11.8 Å². The molecule has 7 nitrogen and oxygen atoms in total. The van der Waals surface area contributed by atoms with Gasteiger partial charge in [-0.2, -0.15) is 0 Å². The molecule has 4 rings (SSSR count). The molecule has 1 aromatic carbocycles. The predicted molar refractivity (Wildman–Crippen MR) is 100 cm³/mol. The fourth-order valence-corrected chi connectivity index (χ4v) is 4.27. The number of benzene rings is 1. The molecule has 0 aliphatic carbocycles. The highest BCUT2D eigenvalue weighted by Gasteiger charge is 2.49. The summed E-state index contributed by atoms with van der Waals surface area (Å²) in [4.78, 5) is 38.1. The Balaban J connectivity index is 0.00000225. The fraction of sp³-hybridized carbons (Fsp3) is 0.526. The number of imide groups is 1. The molecule has 3 amide bonds. The van der Waals surface area contributed by atoms with Crippen LogP contribution in [0.3, 0.4) is 0 Å². The Labute approximate surface area is 168 Å². The lowest BCUT2D eigenvalue weighted by atomic mass is 9.83. The summed E-state index contributed by atoms with van der Waals surface area (Å²) in [5, 5.41) is 16.3. The van der Waals surface area contributed by atoms with Crippen LogP contribution in [0.1, 0.15) is 54.1 Å². The molecule has 3 N–H and O–H groups in total. The molecule has 0 aromatic heterocycles. The van der Waals surface area contributed by atoms with E-state index in [-0.39, 0.29) is 54.4 Å². The molecule has 1 atom stereocenters. The maximum Gasteiger partial charge on any atom is 0.255 e. The van der Waals surface area contributed by atoms with E-state index < -0.39 is 28.8 Å². The van der Waals surface area contributed by atoms with Crippen LogP contribution in [-0.2, 0) is 21.7 Å². The number of aliphatic hydroxyl groups is 1. The van der Waals surface area contributed by atoms with Gasteiger partial charge in [0.2, 0.25) is 5.91 Å². The number of fused-ring (bicyclic) bond motifs is 1. The second-order valence-electron chi connectivity index (χ2n) is 7.78. The lowest BCUT2D eigenvalue weighted by Gasteiger charge is -2.39. The number of piperidine rings is 2. The Morgan fingerprint density at radius 1 is 1.14 bits per heavy atom. The zero-order valence-corrected chi connectivity index (χ0v) is 16.3. The first-order chi connectivity index (χ1) is 12.8. The molecular formula is C19H23ClFN3O4. The van der Waals surface area contributed by atoms with Crippen LogP contribution in [0, 0.1) is 5.82 Å². The number of carbonyl (C=O) groups excluding carboxylic acids is 3. The second-order valence-corrected chi connectivity index (χ2v) is 7.78. The molecule has 152 valence electrons. The van der Waals surface area contributed by atoms with Crippen molar-refractivity contribution in [3.8, 4) is 0 Å². The van der Waals surface area contributed by atoms with Crippen LogP contribution in [0.4, 0.5) is 4.39 Å². The molecule has 0 radical (unpaired) electrons. The maximum atomic E-state index is 15.3. The van der Waals surface area contributed by atoms with E-state index in [4.69, 9.17) is 0 Å². The molecule has 3 heterocycles. The molecule has 9 heteroatoms. The lowest BCUT2D eigenvalue weighted by molar-refractivity contribution is -0.142. The average molecular weight is 412 g/mol. The number of nitrogens with one attached hydrogen (secondary N) is 2. The van der Waals surface area contributed by atoms with Gasteiger partial charge in [0.05, 0.1) is 12.1 Å². The molecule has 2 saturated heterocycles. The number of hydrogen-bond acceptors (Lipinski definition) is 5. The van der Waals surface area contributed by atoms with Gasteiger partial charge in [-0.3, -0.25) is 19.7 Å². The third-order valence-electron chi connectivity index (χ3n) is 6.14. The first-order valence-electron chi connectivity index (χ1n) is 9.17. The first-order valence-corrected chi connectivity index (χ1v) is 9.17. The summed E-state index contributed by atoms with van der Waals surface area (Å²) < 4.78 is 15.3. The second kappa shape index (κ2) is 7.09. The number of nitrogens with zero attached hydrogens (tertiary/aromatic N) is 1. The van der Waals surface area contributed by atoms with Crippen LogP contribution in [0.2, 0.25) is 0 Å². The summed E-state index contributed by atoms with van der Waals surface area (Å²) in [5.41, 5.74) is -1.86. The SMILES string of the molecule is CC1(N2Cc3c(ccc(C4(O)CCNCC4)c3F)C2=O)CCC(=O)NC1=O.Cl. The lowest BCUT2D eigenvalue weighted by Crippen LogP contribution is -2.61. The van der Waals surface area contributed by atoms with Crippen molar-refractivity contribution in [3.63, 3.8) is 0 Å². The van der Waals surface area contributed by atoms with Gasteiger partial charge in [0, 0.05) is 23.1 Å². The van der Waals surface area contributed by atoms with E-state index in [1.54, 1.807) is 6.92 Å². The zero-order chi connectivity index (χ0) is 19.4. The van der Waals surface area contributed by atoms with Crippen LogP contribution in [-0.4, -0.2) is 46.4 Å². The summed E-state index contributed by atoms with van der Waals surface area (Å²) in [6.07, 6.45) is 1.11. The van der Waals surface area contributed by atoms with Gasteiger partial charge < -0.3 is 15.3 Å². The Morgan fingerprint density at radius 2 is 1.82 bits per heavy atom. The Bertz CT molecular complexity index is 856. The number of amides is 3. The Morgan fingerprint density at radius 3 is 2.46 bits per heavy atom. The van der Waals surface area contributed by atoms with E-state index in [1.165, 1.54) is 17.0 Å². The van der Waals surface area contributed by atoms with Crippen LogP contribution in [0.15, 0.2) is 12.1 Å². The maximum absolute atomic E-state index is 15.3. The van der Waals surface area contributed by atoms with Crippen LogP contribution in [0.25, 0.3) is 0 Å². The first kappa shape index (κ1) is 20.7. The predicted octanol–water partition coefficient (Wildman–Crippen LogP) is 0.970. The van der Waals surface area contributed by atoms with Gasteiger partial charge in [-0.1, -0.05) is 6.07 Å². The van der Waals surface area contributed by atoms with Gasteiger partial charge in [-0.25, -0.2) is 4.39 Å². The summed E-state index contributed by atoms with van der Waals surface area (Å²) in [5.74, 6) is -1.93. The number of hydrogen-bond donors (Lipinski definition) is 3. The minimum atomic E-state index is -1.26. The molecule has 0 saturated carbocycles. The topological polar surface area (TPSA) is 98.7 Å². The summed E-state index contributed by atoms with van der Waals surface area (Å²) in [7, 11) is 0. The van der Waals surface area contributed by atoms with E-state index in [9.17, 15) is 19.5 Å². The minimum absolute atomic E-state index is 0. The van der Waals surface area contributed by atoms with Crippen molar-refractivity contribution in [2.24, 2.45) is 0 Å². The molecule has 3 aliphatic heterocycles. The highest BCUT2D eigenvalue weighted by Crippen LogP contribution is 2.39. The smallest absolute Gasteiger partial charge is 0.255 e. The van der Waals surface area contributed by atoms with Gasteiger partial charge >= 0.3 is 0 Å². The van der Waals surface area contributed by atoms with Crippen molar-refractivity contribution >= 4 is 30.1 Å². The Kier molecular flexibility index (Phi) is 5.24. The largest absolute Gasteiger partial charge is 0.385 e. The van der Waals surface area contributed by atoms with Crippen molar-refractivity contribution in [2.45, 2.75) is 50.3 Å². The number of rotatable bonds is 2. The van der Waals surface area contributed by atoms with Gasteiger partial charge in [-0.05, 0) is 45.3 Å². The summed E-state index contributed by atoms with van der Waals surface area (Å²) in [6.45, 7) is 2.71. The molecule has 0 bridgehead atoms. The van der Waals surface area contributed by atoms with E-state index in [2.05, 4.69) is 10.6 Å². The molecule has 0 spiro atoms. The van der Waals surface area contributed by atoms with Crippen LogP contribution < -0.4 is 10.6 Å². The molecule has 2 fully saturated rings. The molecule has 1 unspecified atom stereocenters. The molecule has 1 aromatic rings. The van der Waals surface area contributed by atoms with Gasteiger partial charge in [0.1, 0.15) is 11.4 Å². The summed E-state index contributed by atoms with van der Waals surface area (Å²) >= 11 is 0. The quantitative estimate of drug-likeness (QED) is 0.630. The standard InChI is InChI=1S/C19H22FN3O4.ClH/c1-18(5-4-14(24)22-17(18)26)23-10-12-11(16(23)25)2-3-13(15(12)20)19(27)6-8-21-9-7-19;/h2-3,21,27H,4-10H2,1H3,(H,22,24,26);1H. The van der Waals surface area contributed by atoms with Crippen molar-refractivity contribution in [1.29, 1.82) is 0 Å². The number of halogens is 2. The van der Waals surface area contributed by atoms with E-state index in [0.29, 0.717) is 25.9 Å². The molecular weight excluding hydrogens is 389 g/mol. The molecule has 3 aliphatic rings. The van der Waals surface area contributed by atoms with Crippen molar-refractivity contribution < 1.29 is 23.9 Å². The monoisotopic (exact) mass is 411 g/mol. The molecule has 28 heavy (non-hydrogen) atoms. The highest BCUT2D eigenvalue weighted by atomic mass is 35.5. The minimum Gasteiger partial charge on any atom is -0.385 e. The third kappa shape index (κ3) is 3.00. The Hall–Kier alpha value is -2.03. The van der Waals surface area contributed by atoms with E-state index in [1.807, 2.05) is 0 Å². The summed E-state index contributed by atoms with van der Waals surface area (Å²) in [6, 6.07) is 3.01. The van der Waals surface area contributed by atoms with Gasteiger partial charge in [0.15, 0.2) is 0 Å². The van der Waals surface area contributed by atoms with Gasteiger partial charge in [-0.15, -0.1) is 12.4 Å². The highest BCUT2D eigenvalue weighted by molar-refractivity contribution is 6.07. The van der Waals surface area contributed by atoms with Crippen LogP contribution in [0.5, 0.6) is 0 Å². The number of carbonyl (C=O) groups is 3. The normalized spacial score (nSPS) is 26.5. The van der Waals surface area contributed by atoms with Crippen LogP contribution >= 0.6 is 12.4 Å².